The Kier molecular flexibility index (Phi) is 5.26. The Labute approximate surface area is 155 Å². The Morgan fingerprint density at radius 2 is 2.08 bits per heavy atom. The summed E-state index contributed by atoms with van der Waals surface area (Å²) in [6, 6.07) is 12.5. The summed E-state index contributed by atoms with van der Waals surface area (Å²) in [6.45, 7) is 0.561. The second-order valence-electron chi connectivity index (χ2n) is 5.36. The molecule has 1 aromatic heterocycles. The second-order valence-corrected chi connectivity index (χ2v) is 6.20. The summed E-state index contributed by atoms with van der Waals surface area (Å²) in [5.74, 6) is 0.446. The van der Waals surface area contributed by atoms with Crippen molar-refractivity contribution < 1.29 is 9.53 Å². The van der Waals surface area contributed by atoms with Gasteiger partial charge in [-0.25, -0.2) is 0 Å². The molecule has 0 aliphatic rings. The van der Waals surface area contributed by atoms with Crippen molar-refractivity contribution in [3.05, 3.63) is 76.0 Å². The zero-order valence-electron chi connectivity index (χ0n) is 13.4. The van der Waals surface area contributed by atoms with Gasteiger partial charge in [0.1, 0.15) is 5.75 Å². The minimum Gasteiger partial charge on any atom is -0.497 e. The molecule has 0 saturated carbocycles. The Bertz CT molecular complexity index is 909. The van der Waals surface area contributed by atoms with Crippen molar-refractivity contribution in [1.29, 1.82) is 0 Å². The summed E-state index contributed by atoms with van der Waals surface area (Å²) in [5, 5.41) is 7.81. The molecule has 128 valence electrons. The fraction of sp³-hybridized carbons (Fsp3) is 0.111. The molecule has 0 bridgehead atoms. The molecule has 25 heavy (non-hydrogen) atoms. The van der Waals surface area contributed by atoms with E-state index < -0.39 is 0 Å². The molecule has 0 aliphatic carbocycles. The number of halogens is 2. The molecular weight excluding hydrogens is 361 g/mol. The van der Waals surface area contributed by atoms with Gasteiger partial charge in [0.15, 0.2) is 0 Å². The molecule has 0 spiro atoms. The van der Waals surface area contributed by atoms with E-state index in [9.17, 15) is 4.79 Å². The van der Waals surface area contributed by atoms with Crippen molar-refractivity contribution in [3.8, 4) is 5.75 Å². The maximum absolute atomic E-state index is 12.3. The lowest BCUT2D eigenvalue weighted by Crippen LogP contribution is -2.12. The average molecular weight is 376 g/mol. The van der Waals surface area contributed by atoms with E-state index in [0.29, 0.717) is 27.8 Å². The molecule has 0 radical (unpaired) electrons. The van der Waals surface area contributed by atoms with Gasteiger partial charge in [-0.15, -0.1) is 0 Å². The van der Waals surface area contributed by atoms with E-state index in [1.165, 1.54) is 6.07 Å². The van der Waals surface area contributed by atoms with E-state index in [2.05, 4.69) is 10.4 Å². The van der Waals surface area contributed by atoms with E-state index in [1.54, 1.807) is 36.3 Å². The minimum absolute atomic E-state index is 0.315. The number of hydrogen-bond acceptors (Lipinski definition) is 3. The molecule has 3 rings (SSSR count). The molecule has 0 saturated heterocycles. The number of ether oxygens (including phenoxy) is 1. The third kappa shape index (κ3) is 4.32. The standard InChI is InChI=1S/C18H15Cl2N3O2/c1-25-15-4-2-3-12(7-15)10-23-11-14(9-21-23)22-18(24)16-8-13(19)5-6-17(16)20/h2-9,11H,10H2,1H3,(H,22,24). The minimum atomic E-state index is -0.339. The van der Waals surface area contributed by atoms with Crippen molar-refractivity contribution in [2.45, 2.75) is 6.54 Å². The summed E-state index contributed by atoms with van der Waals surface area (Å²) in [7, 11) is 1.63. The van der Waals surface area contributed by atoms with Crippen molar-refractivity contribution in [2.75, 3.05) is 12.4 Å². The Morgan fingerprint density at radius 3 is 2.88 bits per heavy atom. The lowest BCUT2D eigenvalue weighted by Gasteiger charge is -2.06. The highest BCUT2D eigenvalue weighted by Gasteiger charge is 2.12. The van der Waals surface area contributed by atoms with Gasteiger partial charge in [-0.1, -0.05) is 35.3 Å². The van der Waals surface area contributed by atoms with Crippen LogP contribution in [0.25, 0.3) is 0 Å². The van der Waals surface area contributed by atoms with Gasteiger partial charge in [0.25, 0.3) is 5.91 Å². The van der Waals surface area contributed by atoms with Gasteiger partial charge in [0.05, 0.1) is 36.1 Å². The molecule has 1 heterocycles. The largest absolute Gasteiger partial charge is 0.497 e. The number of anilines is 1. The quantitative estimate of drug-likeness (QED) is 0.714. The number of hydrogen-bond donors (Lipinski definition) is 1. The summed E-state index contributed by atoms with van der Waals surface area (Å²) in [6.07, 6.45) is 3.33. The zero-order chi connectivity index (χ0) is 17.8. The van der Waals surface area contributed by atoms with Crippen LogP contribution in [0.5, 0.6) is 5.75 Å². The number of amides is 1. The van der Waals surface area contributed by atoms with Crippen LogP contribution < -0.4 is 10.1 Å². The number of nitrogens with one attached hydrogen (secondary N) is 1. The maximum Gasteiger partial charge on any atom is 0.257 e. The molecule has 0 unspecified atom stereocenters. The van der Waals surface area contributed by atoms with Gasteiger partial charge in [-0.05, 0) is 35.9 Å². The lowest BCUT2D eigenvalue weighted by atomic mass is 10.2. The number of rotatable bonds is 5. The highest BCUT2D eigenvalue weighted by molar-refractivity contribution is 6.36. The van der Waals surface area contributed by atoms with Crippen molar-refractivity contribution in [1.82, 2.24) is 9.78 Å². The van der Waals surface area contributed by atoms with Crippen LogP contribution in [0.15, 0.2) is 54.9 Å². The first-order chi connectivity index (χ1) is 12.0. The number of carbonyl (C=O) groups excluding carboxylic acids is 1. The Morgan fingerprint density at radius 1 is 1.24 bits per heavy atom. The van der Waals surface area contributed by atoms with Crippen molar-refractivity contribution in [2.24, 2.45) is 0 Å². The average Bonchev–Trinajstić information content (AvgIpc) is 3.04. The third-order valence-corrected chi connectivity index (χ3v) is 4.11. The summed E-state index contributed by atoms with van der Waals surface area (Å²) in [4.78, 5) is 12.3. The number of methoxy groups -OCH3 is 1. The van der Waals surface area contributed by atoms with Crippen LogP contribution in [0.2, 0.25) is 10.0 Å². The monoisotopic (exact) mass is 375 g/mol. The summed E-state index contributed by atoms with van der Waals surface area (Å²) < 4.78 is 6.94. The molecule has 5 nitrogen and oxygen atoms in total. The van der Waals surface area contributed by atoms with Gasteiger partial charge in [0, 0.05) is 11.2 Å². The van der Waals surface area contributed by atoms with Crippen LogP contribution in [0, 0.1) is 0 Å². The van der Waals surface area contributed by atoms with Gasteiger partial charge in [0.2, 0.25) is 0 Å². The summed E-state index contributed by atoms with van der Waals surface area (Å²) >= 11 is 12.0. The SMILES string of the molecule is COc1cccc(Cn2cc(NC(=O)c3cc(Cl)ccc3Cl)cn2)c1. The Balaban J connectivity index is 1.71. The fourth-order valence-corrected chi connectivity index (χ4v) is 2.72. The topological polar surface area (TPSA) is 56.1 Å². The molecule has 7 heteroatoms. The number of nitrogens with zero attached hydrogens (tertiary/aromatic N) is 2. The van der Waals surface area contributed by atoms with E-state index in [1.807, 2.05) is 24.3 Å². The van der Waals surface area contributed by atoms with Crippen LogP contribution >= 0.6 is 23.2 Å². The van der Waals surface area contributed by atoms with Crippen molar-refractivity contribution >= 4 is 34.8 Å². The van der Waals surface area contributed by atoms with Crippen LogP contribution in [-0.2, 0) is 6.54 Å². The molecule has 0 aliphatic heterocycles. The first kappa shape index (κ1) is 17.3. The number of benzene rings is 2. The third-order valence-electron chi connectivity index (χ3n) is 3.54. The van der Waals surface area contributed by atoms with E-state index in [0.717, 1.165) is 11.3 Å². The fourth-order valence-electron chi connectivity index (χ4n) is 2.34. The highest BCUT2D eigenvalue weighted by Crippen LogP contribution is 2.22. The molecular formula is C18H15Cl2N3O2. The lowest BCUT2D eigenvalue weighted by molar-refractivity contribution is 0.102. The first-order valence-corrected chi connectivity index (χ1v) is 8.22. The van der Waals surface area contributed by atoms with E-state index in [4.69, 9.17) is 27.9 Å². The molecule has 0 atom stereocenters. The summed E-state index contributed by atoms with van der Waals surface area (Å²) in [5.41, 5.74) is 1.93. The first-order valence-electron chi connectivity index (χ1n) is 7.47. The van der Waals surface area contributed by atoms with Gasteiger partial charge >= 0.3 is 0 Å². The van der Waals surface area contributed by atoms with Crippen LogP contribution in [-0.4, -0.2) is 22.8 Å². The van der Waals surface area contributed by atoms with E-state index in [-0.39, 0.29) is 5.91 Å². The number of aromatic nitrogens is 2. The molecule has 2 aromatic carbocycles. The Hall–Kier alpha value is -2.50. The zero-order valence-corrected chi connectivity index (χ0v) is 14.9. The van der Waals surface area contributed by atoms with Crippen molar-refractivity contribution in [3.63, 3.8) is 0 Å². The van der Waals surface area contributed by atoms with Gasteiger partial charge < -0.3 is 10.1 Å². The predicted molar refractivity (Wildman–Crippen MR) is 98.7 cm³/mol. The van der Waals surface area contributed by atoms with Crippen LogP contribution in [0.1, 0.15) is 15.9 Å². The number of carbonyl (C=O) groups is 1. The smallest absolute Gasteiger partial charge is 0.257 e. The van der Waals surface area contributed by atoms with Gasteiger partial charge in [-0.2, -0.15) is 5.10 Å². The second kappa shape index (κ2) is 7.59. The van der Waals surface area contributed by atoms with Gasteiger partial charge in [-0.3, -0.25) is 9.48 Å². The van der Waals surface area contributed by atoms with Crippen LogP contribution in [0.3, 0.4) is 0 Å². The molecule has 1 amide bonds. The maximum atomic E-state index is 12.3. The molecule has 3 aromatic rings. The van der Waals surface area contributed by atoms with Crippen LogP contribution in [0.4, 0.5) is 5.69 Å². The normalized spacial score (nSPS) is 10.5. The highest BCUT2D eigenvalue weighted by atomic mass is 35.5. The van der Waals surface area contributed by atoms with E-state index >= 15 is 0 Å². The molecule has 0 fully saturated rings. The molecule has 1 N–H and O–H groups in total. The predicted octanol–water partition coefficient (Wildman–Crippen LogP) is 4.50.